The molecule has 0 unspecified atom stereocenters. The Labute approximate surface area is 108 Å². The van der Waals surface area contributed by atoms with Crippen LogP contribution in [0.25, 0.3) is 0 Å². The first kappa shape index (κ1) is 13.0. The predicted octanol–water partition coefficient (Wildman–Crippen LogP) is 3.73. The Morgan fingerprint density at radius 2 is 1.74 bits per heavy atom. The van der Waals surface area contributed by atoms with Crippen molar-refractivity contribution in [3.8, 4) is 11.5 Å². The third-order valence-electron chi connectivity index (χ3n) is 2.44. The first-order valence-corrected chi connectivity index (χ1v) is 5.46. The van der Waals surface area contributed by atoms with Crippen LogP contribution in [0.3, 0.4) is 0 Å². The Bertz CT molecular complexity index is 597. The first-order chi connectivity index (χ1) is 9.10. The fourth-order valence-corrected chi connectivity index (χ4v) is 1.48. The molecule has 2 rings (SSSR count). The zero-order chi connectivity index (χ0) is 13.8. The number of hydrogen-bond donors (Lipinski definition) is 1. The number of rotatable bonds is 3. The summed E-state index contributed by atoms with van der Waals surface area (Å²) in [5.41, 5.74) is 0.578. The molecule has 19 heavy (non-hydrogen) atoms. The van der Waals surface area contributed by atoms with Crippen molar-refractivity contribution >= 4 is 5.90 Å². The van der Waals surface area contributed by atoms with Gasteiger partial charge in [-0.15, -0.1) is 0 Å². The Morgan fingerprint density at radius 1 is 1.05 bits per heavy atom. The highest BCUT2D eigenvalue weighted by Crippen LogP contribution is 2.25. The van der Waals surface area contributed by atoms with Crippen molar-refractivity contribution < 1.29 is 18.3 Å². The molecule has 0 spiro atoms. The van der Waals surface area contributed by atoms with Crippen LogP contribution in [0.15, 0.2) is 42.5 Å². The van der Waals surface area contributed by atoms with Gasteiger partial charge in [0.15, 0.2) is 11.6 Å². The van der Waals surface area contributed by atoms with Gasteiger partial charge in [-0.3, -0.25) is 5.41 Å². The number of methoxy groups -OCH3 is 1. The largest absolute Gasteiger partial charge is 0.481 e. The molecule has 0 heterocycles. The third kappa shape index (κ3) is 3.07. The number of hydrogen-bond acceptors (Lipinski definition) is 3. The predicted molar refractivity (Wildman–Crippen MR) is 66.7 cm³/mol. The van der Waals surface area contributed by atoms with Crippen LogP contribution < -0.4 is 4.74 Å². The maximum Gasteiger partial charge on any atom is 0.212 e. The van der Waals surface area contributed by atoms with E-state index < -0.39 is 11.6 Å². The van der Waals surface area contributed by atoms with E-state index in [9.17, 15) is 8.78 Å². The maximum absolute atomic E-state index is 13.4. The molecule has 0 fully saturated rings. The lowest BCUT2D eigenvalue weighted by molar-refractivity contribution is 0.401. The molecule has 98 valence electrons. The van der Waals surface area contributed by atoms with Gasteiger partial charge in [-0.2, -0.15) is 0 Å². The smallest absolute Gasteiger partial charge is 0.212 e. The molecule has 0 atom stereocenters. The van der Waals surface area contributed by atoms with E-state index in [-0.39, 0.29) is 11.6 Å². The van der Waals surface area contributed by atoms with Crippen LogP contribution in [0.4, 0.5) is 8.78 Å². The molecule has 5 heteroatoms. The highest BCUT2D eigenvalue weighted by atomic mass is 19.1. The van der Waals surface area contributed by atoms with E-state index in [0.717, 1.165) is 12.1 Å². The molecule has 2 aromatic rings. The van der Waals surface area contributed by atoms with Crippen LogP contribution in [-0.2, 0) is 4.74 Å². The van der Waals surface area contributed by atoms with Crippen molar-refractivity contribution in [2.45, 2.75) is 0 Å². The number of halogens is 2. The lowest BCUT2D eigenvalue weighted by atomic mass is 10.2. The van der Waals surface area contributed by atoms with Crippen molar-refractivity contribution in [3.05, 3.63) is 59.7 Å². The van der Waals surface area contributed by atoms with Crippen LogP contribution in [0.2, 0.25) is 0 Å². The molecule has 0 radical (unpaired) electrons. The van der Waals surface area contributed by atoms with Gasteiger partial charge in [-0.05, 0) is 36.4 Å². The second kappa shape index (κ2) is 5.48. The summed E-state index contributed by atoms with van der Waals surface area (Å²) in [6, 6.07) is 9.47. The average Bonchev–Trinajstić information content (AvgIpc) is 2.42. The SMILES string of the molecule is COC(=N)c1ccc(Oc2ccc(F)cc2F)cc1. The summed E-state index contributed by atoms with van der Waals surface area (Å²) < 4.78 is 36.2. The van der Waals surface area contributed by atoms with Crippen LogP contribution in [0, 0.1) is 17.0 Å². The summed E-state index contributed by atoms with van der Waals surface area (Å²) >= 11 is 0. The number of ether oxygens (including phenoxy) is 2. The Morgan fingerprint density at radius 3 is 2.32 bits per heavy atom. The average molecular weight is 263 g/mol. The molecule has 0 bridgehead atoms. The minimum atomic E-state index is -0.770. The van der Waals surface area contributed by atoms with Crippen LogP contribution in [0.5, 0.6) is 11.5 Å². The summed E-state index contributed by atoms with van der Waals surface area (Å²) in [5.74, 6) is -1.07. The Kier molecular flexibility index (Phi) is 3.75. The summed E-state index contributed by atoms with van der Waals surface area (Å²) in [6.45, 7) is 0. The second-order valence-corrected chi connectivity index (χ2v) is 3.73. The molecule has 0 aliphatic carbocycles. The van der Waals surface area contributed by atoms with Gasteiger partial charge in [0.1, 0.15) is 11.6 Å². The fraction of sp³-hybridized carbons (Fsp3) is 0.0714. The Hall–Kier alpha value is -2.43. The minimum absolute atomic E-state index is 0.0273. The summed E-state index contributed by atoms with van der Waals surface area (Å²) in [7, 11) is 1.40. The van der Waals surface area contributed by atoms with Gasteiger partial charge in [0, 0.05) is 11.6 Å². The van der Waals surface area contributed by atoms with Gasteiger partial charge in [-0.25, -0.2) is 8.78 Å². The van der Waals surface area contributed by atoms with E-state index in [1.165, 1.54) is 13.2 Å². The summed E-state index contributed by atoms with van der Waals surface area (Å²) in [6.07, 6.45) is 0. The van der Waals surface area contributed by atoms with E-state index in [1.807, 2.05) is 0 Å². The standard InChI is InChI=1S/C14H11F2NO2/c1-18-14(17)9-2-5-11(6-3-9)19-13-7-4-10(15)8-12(13)16/h2-8,17H,1H3. The van der Waals surface area contributed by atoms with Crippen LogP contribution in [0.1, 0.15) is 5.56 Å². The molecule has 0 saturated heterocycles. The van der Waals surface area contributed by atoms with Crippen LogP contribution in [-0.4, -0.2) is 13.0 Å². The minimum Gasteiger partial charge on any atom is -0.481 e. The topological polar surface area (TPSA) is 42.3 Å². The zero-order valence-corrected chi connectivity index (χ0v) is 10.1. The molecule has 0 aromatic heterocycles. The normalized spacial score (nSPS) is 10.1. The van der Waals surface area contributed by atoms with Gasteiger partial charge in [0.25, 0.3) is 0 Å². The Balaban J connectivity index is 2.17. The lowest BCUT2D eigenvalue weighted by Gasteiger charge is -2.08. The zero-order valence-electron chi connectivity index (χ0n) is 10.1. The number of benzene rings is 2. The van der Waals surface area contributed by atoms with Gasteiger partial charge in [0.2, 0.25) is 5.90 Å². The molecule has 1 N–H and O–H groups in total. The monoisotopic (exact) mass is 263 g/mol. The van der Waals surface area contributed by atoms with Gasteiger partial charge in [0.05, 0.1) is 7.11 Å². The molecule has 2 aromatic carbocycles. The quantitative estimate of drug-likeness (QED) is 0.677. The maximum atomic E-state index is 13.4. The summed E-state index contributed by atoms with van der Waals surface area (Å²) in [4.78, 5) is 0. The molecule has 3 nitrogen and oxygen atoms in total. The van der Waals surface area contributed by atoms with E-state index in [0.29, 0.717) is 11.3 Å². The lowest BCUT2D eigenvalue weighted by Crippen LogP contribution is -2.00. The highest BCUT2D eigenvalue weighted by Gasteiger charge is 2.07. The van der Waals surface area contributed by atoms with Gasteiger partial charge >= 0.3 is 0 Å². The van der Waals surface area contributed by atoms with Crippen LogP contribution >= 0.6 is 0 Å². The molecule has 0 aliphatic rings. The van der Waals surface area contributed by atoms with Gasteiger partial charge in [-0.1, -0.05) is 0 Å². The van der Waals surface area contributed by atoms with Crippen molar-refractivity contribution in [1.29, 1.82) is 5.41 Å². The third-order valence-corrected chi connectivity index (χ3v) is 2.44. The van der Waals surface area contributed by atoms with Crippen molar-refractivity contribution in [1.82, 2.24) is 0 Å². The molecule has 0 aliphatic heterocycles. The summed E-state index contributed by atoms with van der Waals surface area (Å²) in [5, 5.41) is 7.46. The second-order valence-electron chi connectivity index (χ2n) is 3.73. The first-order valence-electron chi connectivity index (χ1n) is 5.46. The molecular formula is C14H11F2NO2. The van der Waals surface area contributed by atoms with Crippen molar-refractivity contribution in [2.24, 2.45) is 0 Å². The molecular weight excluding hydrogens is 252 g/mol. The van der Waals surface area contributed by atoms with Gasteiger partial charge < -0.3 is 9.47 Å². The van der Waals surface area contributed by atoms with Crippen molar-refractivity contribution in [3.63, 3.8) is 0 Å². The van der Waals surface area contributed by atoms with Crippen molar-refractivity contribution in [2.75, 3.05) is 7.11 Å². The van der Waals surface area contributed by atoms with E-state index in [1.54, 1.807) is 24.3 Å². The molecule has 0 saturated carbocycles. The number of nitrogens with one attached hydrogen (secondary N) is 1. The van der Waals surface area contributed by atoms with E-state index in [2.05, 4.69) is 0 Å². The van der Waals surface area contributed by atoms with E-state index in [4.69, 9.17) is 14.9 Å². The highest BCUT2D eigenvalue weighted by molar-refractivity contribution is 5.91. The molecule has 0 amide bonds. The fourth-order valence-electron chi connectivity index (χ4n) is 1.48. The van der Waals surface area contributed by atoms with E-state index >= 15 is 0 Å².